The van der Waals surface area contributed by atoms with Crippen LogP contribution in [0.3, 0.4) is 0 Å². The molecular weight excluding hydrogens is 424 g/mol. The number of rotatable bonds is 4. The van der Waals surface area contributed by atoms with E-state index in [1.807, 2.05) is 37.8 Å². The van der Waals surface area contributed by atoms with Crippen molar-refractivity contribution in [3.8, 4) is 6.07 Å². The van der Waals surface area contributed by atoms with Crippen molar-refractivity contribution in [2.75, 3.05) is 29.5 Å². The van der Waals surface area contributed by atoms with Crippen molar-refractivity contribution in [2.24, 2.45) is 7.05 Å². The molecule has 154 valence electrons. The van der Waals surface area contributed by atoms with Gasteiger partial charge in [0, 0.05) is 43.2 Å². The molecule has 0 aromatic carbocycles. The maximum absolute atomic E-state index is 13.0. The van der Waals surface area contributed by atoms with E-state index in [2.05, 4.69) is 4.90 Å². The summed E-state index contributed by atoms with van der Waals surface area (Å²) >= 11 is 8.61. The zero-order valence-electron chi connectivity index (χ0n) is 17.0. The number of aromatic nitrogens is 1. The average molecular weight is 449 g/mol. The average Bonchev–Trinajstić information content (AvgIpc) is 3.00. The summed E-state index contributed by atoms with van der Waals surface area (Å²) in [6, 6.07) is 2.07. The minimum atomic E-state index is -0.303. The molecule has 6 nitrogen and oxygen atoms in total. The Kier molecular flexibility index (Phi) is 6.76. The molecule has 3 heterocycles. The van der Waals surface area contributed by atoms with Crippen molar-refractivity contribution in [3.63, 3.8) is 0 Å². The second-order valence-electron chi connectivity index (χ2n) is 7.12. The highest BCUT2D eigenvalue weighted by Gasteiger charge is 2.35. The van der Waals surface area contributed by atoms with Crippen LogP contribution in [-0.2, 0) is 11.8 Å². The van der Waals surface area contributed by atoms with E-state index in [0.717, 1.165) is 42.4 Å². The zero-order valence-corrected chi connectivity index (χ0v) is 19.5. The first-order valence-corrected chi connectivity index (χ1v) is 11.9. The lowest BCUT2D eigenvalue weighted by atomic mass is 10.0. The lowest BCUT2D eigenvalue weighted by Crippen LogP contribution is -2.38. The first-order valence-electron chi connectivity index (χ1n) is 9.55. The lowest BCUT2D eigenvalue weighted by Gasteiger charge is -2.32. The van der Waals surface area contributed by atoms with Crippen molar-refractivity contribution >= 4 is 57.9 Å². The molecule has 1 atom stereocenters. The van der Waals surface area contributed by atoms with Crippen molar-refractivity contribution in [2.45, 2.75) is 33.2 Å². The molecule has 0 aliphatic carbocycles. The molecule has 2 saturated heterocycles. The Hall–Kier alpha value is -1.76. The number of carbonyl (C=O) groups excluding carboxylic acids is 1. The van der Waals surface area contributed by atoms with Gasteiger partial charge in [-0.2, -0.15) is 17.0 Å². The summed E-state index contributed by atoms with van der Waals surface area (Å²) in [5.74, 6) is 2.60. The van der Waals surface area contributed by atoms with Crippen LogP contribution >= 0.6 is 35.7 Å². The number of pyridine rings is 1. The fourth-order valence-corrected chi connectivity index (χ4v) is 5.89. The largest absolute Gasteiger partial charge is 0.356 e. The Morgan fingerprint density at radius 1 is 1.31 bits per heavy atom. The molecule has 2 aliphatic heterocycles. The fraction of sp³-hybridized carbons (Fsp3) is 0.500. The van der Waals surface area contributed by atoms with E-state index in [1.165, 1.54) is 11.8 Å². The molecule has 9 heteroatoms. The first kappa shape index (κ1) is 21.9. The van der Waals surface area contributed by atoms with Gasteiger partial charge in [-0.05, 0) is 31.9 Å². The van der Waals surface area contributed by atoms with Gasteiger partial charge in [0.1, 0.15) is 21.8 Å². The topological polar surface area (TPSA) is 69.3 Å². The molecule has 2 fully saturated rings. The molecule has 1 amide bonds. The SMILES string of the molecule is CCC(C)N1C(=O)/C(=C/c2c(C)c(C#N)c(=O)n(C)c2N2CCSCC2)SC1=S. The Morgan fingerprint density at radius 2 is 1.97 bits per heavy atom. The van der Waals surface area contributed by atoms with Gasteiger partial charge in [-0.1, -0.05) is 30.9 Å². The van der Waals surface area contributed by atoms with E-state index < -0.39 is 0 Å². The molecular formula is C20H24N4O2S3. The van der Waals surface area contributed by atoms with Crippen LogP contribution in [0.15, 0.2) is 9.70 Å². The molecule has 0 saturated carbocycles. The monoisotopic (exact) mass is 448 g/mol. The van der Waals surface area contributed by atoms with Crippen LogP contribution in [0.1, 0.15) is 37.0 Å². The molecule has 0 N–H and O–H groups in total. The summed E-state index contributed by atoms with van der Waals surface area (Å²) in [6.07, 6.45) is 2.63. The standard InChI is InChI=1S/C20H24N4O2S3/c1-5-12(2)24-19(26)16(29-20(24)27)10-14-13(3)15(11-21)18(25)22(4)17(14)23-6-8-28-9-7-23/h10,12H,5-9H2,1-4H3/b16-10-. The number of hydrogen-bond acceptors (Lipinski definition) is 7. The summed E-state index contributed by atoms with van der Waals surface area (Å²) in [7, 11) is 1.70. The van der Waals surface area contributed by atoms with Gasteiger partial charge >= 0.3 is 0 Å². The molecule has 0 radical (unpaired) electrons. The molecule has 29 heavy (non-hydrogen) atoms. The van der Waals surface area contributed by atoms with Crippen molar-refractivity contribution < 1.29 is 4.79 Å². The molecule has 2 aliphatic rings. The van der Waals surface area contributed by atoms with Gasteiger partial charge in [0.15, 0.2) is 0 Å². The van der Waals surface area contributed by atoms with Crippen molar-refractivity contribution in [3.05, 3.63) is 31.9 Å². The molecule has 3 rings (SSSR count). The van der Waals surface area contributed by atoms with E-state index in [-0.39, 0.29) is 23.1 Å². The third-order valence-corrected chi connectivity index (χ3v) is 7.68. The smallest absolute Gasteiger partial charge is 0.270 e. The van der Waals surface area contributed by atoms with Crippen molar-refractivity contribution in [1.82, 2.24) is 9.47 Å². The molecule has 1 aromatic heterocycles. The highest BCUT2D eigenvalue weighted by atomic mass is 32.2. The van der Waals surface area contributed by atoms with Crippen LogP contribution < -0.4 is 10.5 Å². The maximum Gasteiger partial charge on any atom is 0.270 e. The van der Waals surface area contributed by atoms with E-state index >= 15 is 0 Å². The number of thiocarbonyl (C=S) groups is 1. The van der Waals surface area contributed by atoms with Gasteiger partial charge in [0.25, 0.3) is 11.5 Å². The predicted octanol–water partition coefficient (Wildman–Crippen LogP) is 3.12. The quantitative estimate of drug-likeness (QED) is 0.518. The summed E-state index contributed by atoms with van der Waals surface area (Å²) in [5, 5.41) is 9.55. The number of nitriles is 1. The highest BCUT2D eigenvalue weighted by Crippen LogP contribution is 2.37. The summed E-state index contributed by atoms with van der Waals surface area (Å²) in [4.78, 5) is 30.1. The number of amides is 1. The van der Waals surface area contributed by atoms with Gasteiger partial charge < -0.3 is 4.90 Å². The van der Waals surface area contributed by atoms with Crippen LogP contribution in [-0.4, -0.2) is 50.3 Å². The van der Waals surface area contributed by atoms with E-state index in [4.69, 9.17) is 12.2 Å². The third-order valence-electron chi connectivity index (χ3n) is 5.41. The van der Waals surface area contributed by atoms with Gasteiger partial charge in [0.2, 0.25) is 0 Å². The van der Waals surface area contributed by atoms with E-state index in [9.17, 15) is 14.9 Å². The number of nitrogens with zero attached hydrogens (tertiary/aromatic N) is 4. The molecule has 1 unspecified atom stereocenters. The minimum Gasteiger partial charge on any atom is -0.356 e. The number of hydrogen-bond donors (Lipinski definition) is 0. The lowest BCUT2D eigenvalue weighted by molar-refractivity contribution is -0.123. The van der Waals surface area contributed by atoms with Crippen LogP contribution in [0.4, 0.5) is 5.82 Å². The van der Waals surface area contributed by atoms with Gasteiger partial charge in [-0.25, -0.2) is 0 Å². The first-order chi connectivity index (χ1) is 13.8. The van der Waals surface area contributed by atoms with Crippen molar-refractivity contribution in [1.29, 1.82) is 5.26 Å². The van der Waals surface area contributed by atoms with E-state index in [0.29, 0.717) is 14.8 Å². The molecule has 0 spiro atoms. The summed E-state index contributed by atoms with van der Waals surface area (Å²) in [5.41, 5.74) is 1.17. The number of anilines is 1. The summed E-state index contributed by atoms with van der Waals surface area (Å²) in [6.45, 7) is 7.42. The van der Waals surface area contributed by atoms with Crippen LogP contribution in [0, 0.1) is 18.3 Å². The van der Waals surface area contributed by atoms with Crippen LogP contribution in [0.2, 0.25) is 0 Å². The van der Waals surface area contributed by atoms with Gasteiger partial charge in [-0.3, -0.25) is 19.1 Å². The second-order valence-corrected chi connectivity index (χ2v) is 10.0. The van der Waals surface area contributed by atoms with Crippen LogP contribution in [0.5, 0.6) is 0 Å². The Morgan fingerprint density at radius 3 is 2.55 bits per heavy atom. The number of carbonyl (C=O) groups is 1. The summed E-state index contributed by atoms with van der Waals surface area (Å²) < 4.78 is 2.09. The second kappa shape index (κ2) is 8.94. The Bertz CT molecular complexity index is 987. The minimum absolute atomic E-state index is 0.0304. The Balaban J connectivity index is 2.18. The molecule has 1 aromatic rings. The normalized spacial score (nSPS) is 19.8. The van der Waals surface area contributed by atoms with Gasteiger partial charge in [0.05, 0.1) is 4.91 Å². The van der Waals surface area contributed by atoms with Gasteiger partial charge in [-0.15, -0.1) is 0 Å². The fourth-order valence-electron chi connectivity index (χ4n) is 3.54. The van der Waals surface area contributed by atoms with E-state index in [1.54, 1.807) is 23.4 Å². The zero-order chi connectivity index (χ0) is 21.3. The Labute approximate surface area is 184 Å². The maximum atomic E-state index is 13.0. The van der Waals surface area contributed by atoms with Crippen LogP contribution in [0.25, 0.3) is 6.08 Å². The molecule has 0 bridgehead atoms. The predicted molar refractivity (Wildman–Crippen MR) is 125 cm³/mol. The number of thioether (sulfide) groups is 2. The third kappa shape index (κ3) is 3.98. The highest BCUT2D eigenvalue weighted by molar-refractivity contribution is 8.26.